The van der Waals surface area contributed by atoms with Gasteiger partial charge in [-0.3, -0.25) is 4.98 Å². The Kier molecular flexibility index (Phi) is 3.94. The maximum absolute atomic E-state index is 13.9. The van der Waals surface area contributed by atoms with Gasteiger partial charge in [0.15, 0.2) is 5.82 Å². The van der Waals surface area contributed by atoms with E-state index in [1.165, 1.54) is 18.3 Å². The van der Waals surface area contributed by atoms with E-state index in [0.29, 0.717) is 11.3 Å². The van der Waals surface area contributed by atoms with Crippen LogP contribution in [0, 0.1) is 18.6 Å². The number of rotatable bonds is 4. The van der Waals surface area contributed by atoms with E-state index in [9.17, 15) is 8.78 Å². The molecule has 0 aliphatic heterocycles. The molecule has 100 valence electrons. The summed E-state index contributed by atoms with van der Waals surface area (Å²) < 4.78 is 27.5. The highest BCUT2D eigenvalue weighted by Gasteiger charge is 2.11. The number of nitrogens with one attached hydrogen (secondary N) is 2. The summed E-state index contributed by atoms with van der Waals surface area (Å²) in [5, 5.41) is 5.81. The molecule has 1 aromatic heterocycles. The maximum atomic E-state index is 13.9. The Labute approximate surface area is 110 Å². The molecule has 0 bridgehead atoms. The van der Waals surface area contributed by atoms with Gasteiger partial charge in [-0.2, -0.15) is 0 Å². The molecule has 0 saturated carbocycles. The van der Waals surface area contributed by atoms with Crippen molar-refractivity contribution in [3.05, 3.63) is 47.8 Å². The second kappa shape index (κ2) is 5.65. The SMILES string of the molecule is CCNc1cncc(Nc2c(F)ccc(C)c2F)c1. The van der Waals surface area contributed by atoms with E-state index in [-0.39, 0.29) is 5.69 Å². The highest BCUT2D eigenvalue weighted by atomic mass is 19.1. The van der Waals surface area contributed by atoms with Crippen LogP contribution in [0.5, 0.6) is 0 Å². The third-order valence-corrected chi connectivity index (χ3v) is 2.67. The molecule has 1 heterocycles. The van der Waals surface area contributed by atoms with E-state index in [0.717, 1.165) is 12.2 Å². The summed E-state index contributed by atoms with van der Waals surface area (Å²) in [7, 11) is 0. The molecule has 1 aromatic carbocycles. The number of aryl methyl sites for hydroxylation is 1. The van der Waals surface area contributed by atoms with Crippen LogP contribution in [0.1, 0.15) is 12.5 Å². The fraction of sp³-hybridized carbons (Fsp3) is 0.214. The van der Waals surface area contributed by atoms with Gasteiger partial charge in [0.05, 0.1) is 23.8 Å². The van der Waals surface area contributed by atoms with Gasteiger partial charge in [-0.05, 0) is 31.5 Å². The molecular formula is C14H15F2N3. The van der Waals surface area contributed by atoms with Crippen molar-refractivity contribution in [1.29, 1.82) is 0 Å². The molecule has 19 heavy (non-hydrogen) atoms. The number of hydrogen-bond acceptors (Lipinski definition) is 3. The first-order chi connectivity index (χ1) is 9.11. The molecule has 0 atom stereocenters. The number of anilines is 3. The molecule has 2 rings (SSSR count). The Balaban J connectivity index is 2.31. The van der Waals surface area contributed by atoms with Gasteiger partial charge in [-0.15, -0.1) is 0 Å². The Morgan fingerprint density at radius 2 is 1.89 bits per heavy atom. The minimum absolute atomic E-state index is 0.157. The van der Waals surface area contributed by atoms with Crippen molar-refractivity contribution in [3.63, 3.8) is 0 Å². The third kappa shape index (κ3) is 2.99. The fourth-order valence-corrected chi connectivity index (χ4v) is 1.72. The van der Waals surface area contributed by atoms with E-state index >= 15 is 0 Å². The van der Waals surface area contributed by atoms with Crippen LogP contribution >= 0.6 is 0 Å². The Morgan fingerprint density at radius 1 is 1.16 bits per heavy atom. The number of halogens is 2. The van der Waals surface area contributed by atoms with Crippen molar-refractivity contribution in [2.45, 2.75) is 13.8 Å². The van der Waals surface area contributed by atoms with Crippen molar-refractivity contribution in [3.8, 4) is 0 Å². The summed E-state index contributed by atoms with van der Waals surface area (Å²) in [6.07, 6.45) is 3.17. The number of aromatic nitrogens is 1. The van der Waals surface area contributed by atoms with E-state index in [1.54, 1.807) is 19.2 Å². The normalized spacial score (nSPS) is 10.3. The summed E-state index contributed by atoms with van der Waals surface area (Å²) >= 11 is 0. The number of hydrogen-bond donors (Lipinski definition) is 2. The molecule has 0 fully saturated rings. The second-order valence-electron chi connectivity index (χ2n) is 4.17. The van der Waals surface area contributed by atoms with Crippen molar-refractivity contribution < 1.29 is 8.78 Å². The van der Waals surface area contributed by atoms with Crippen molar-refractivity contribution in [2.24, 2.45) is 0 Å². The molecule has 0 amide bonds. The Bertz CT molecular complexity index is 585. The quantitative estimate of drug-likeness (QED) is 0.880. The molecular weight excluding hydrogens is 248 g/mol. The minimum atomic E-state index is -0.628. The van der Waals surface area contributed by atoms with Crippen LogP contribution in [0.4, 0.5) is 25.8 Å². The Hall–Kier alpha value is -2.17. The van der Waals surface area contributed by atoms with Crippen molar-refractivity contribution >= 4 is 17.1 Å². The van der Waals surface area contributed by atoms with E-state index in [1.807, 2.05) is 6.92 Å². The first-order valence-corrected chi connectivity index (χ1v) is 6.02. The van der Waals surface area contributed by atoms with Crippen LogP contribution < -0.4 is 10.6 Å². The Morgan fingerprint density at radius 3 is 2.63 bits per heavy atom. The highest BCUT2D eigenvalue weighted by molar-refractivity contribution is 5.64. The smallest absolute Gasteiger partial charge is 0.152 e. The predicted octanol–water partition coefficient (Wildman–Crippen LogP) is 3.84. The standard InChI is InChI=1S/C14H15F2N3/c1-3-18-10-6-11(8-17-7-10)19-14-12(15)5-4-9(2)13(14)16/h4-8,18-19H,3H2,1-2H3. The van der Waals surface area contributed by atoms with Gasteiger partial charge in [0.25, 0.3) is 0 Å². The summed E-state index contributed by atoms with van der Waals surface area (Å²) in [6.45, 7) is 4.30. The zero-order valence-corrected chi connectivity index (χ0v) is 10.8. The fourth-order valence-electron chi connectivity index (χ4n) is 1.72. The van der Waals surface area contributed by atoms with Crippen LogP contribution in [-0.2, 0) is 0 Å². The summed E-state index contributed by atoms with van der Waals surface area (Å²) in [4.78, 5) is 4.01. The van der Waals surface area contributed by atoms with Gasteiger partial charge in [0, 0.05) is 6.54 Å². The molecule has 0 aliphatic rings. The van der Waals surface area contributed by atoms with E-state index < -0.39 is 11.6 Å². The second-order valence-corrected chi connectivity index (χ2v) is 4.17. The number of benzene rings is 1. The lowest BCUT2D eigenvalue weighted by Gasteiger charge is -2.11. The third-order valence-electron chi connectivity index (χ3n) is 2.67. The minimum Gasteiger partial charge on any atom is -0.384 e. The van der Waals surface area contributed by atoms with Crippen molar-refractivity contribution in [1.82, 2.24) is 4.98 Å². The summed E-state index contributed by atoms with van der Waals surface area (Å²) in [6, 6.07) is 4.39. The number of nitrogens with zero attached hydrogens (tertiary/aromatic N) is 1. The summed E-state index contributed by atoms with van der Waals surface area (Å²) in [5.41, 5.74) is 1.55. The lowest BCUT2D eigenvalue weighted by Crippen LogP contribution is -2.02. The van der Waals surface area contributed by atoms with Crippen molar-refractivity contribution in [2.75, 3.05) is 17.2 Å². The average Bonchev–Trinajstić information content (AvgIpc) is 2.40. The molecule has 2 aromatic rings. The van der Waals surface area contributed by atoms with Crippen LogP contribution in [0.15, 0.2) is 30.6 Å². The maximum Gasteiger partial charge on any atom is 0.152 e. The largest absolute Gasteiger partial charge is 0.384 e. The molecule has 3 nitrogen and oxygen atoms in total. The first kappa shape index (κ1) is 13.3. The molecule has 0 aliphatic carbocycles. The zero-order valence-electron chi connectivity index (χ0n) is 10.8. The topological polar surface area (TPSA) is 37.0 Å². The molecule has 0 unspecified atom stereocenters. The zero-order chi connectivity index (χ0) is 13.8. The highest BCUT2D eigenvalue weighted by Crippen LogP contribution is 2.26. The average molecular weight is 263 g/mol. The molecule has 0 radical (unpaired) electrons. The van der Waals surface area contributed by atoms with Crippen LogP contribution in [0.25, 0.3) is 0 Å². The monoisotopic (exact) mass is 263 g/mol. The van der Waals surface area contributed by atoms with Gasteiger partial charge in [-0.1, -0.05) is 6.07 Å². The van der Waals surface area contributed by atoms with Gasteiger partial charge < -0.3 is 10.6 Å². The molecule has 0 saturated heterocycles. The first-order valence-electron chi connectivity index (χ1n) is 6.02. The molecule has 2 N–H and O–H groups in total. The lowest BCUT2D eigenvalue weighted by molar-refractivity contribution is 0.585. The predicted molar refractivity (Wildman–Crippen MR) is 72.8 cm³/mol. The van der Waals surface area contributed by atoms with Crippen LogP contribution in [0.3, 0.4) is 0 Å². The van der Waals surface area contributed by atoms with E-state index in [4.69, 9.17) is 0 Å². The number of pyridine rings is 1. The van der Waals surface area contributed by atoms with E-state index in [2.05, 4.69) is 15.6 Å². The lowest BCUT2D eigenvalue weighted by atomic mass is 10.2. The molecule has 0 spiro atoms. The molecule has 5 heteroatoms. The van der Waals surface area contributed by atoms with Gasteiger partial charge in [-0.25, -0.2) is 8.78 Å². The summed E-state index contributed by atoms with van der Waals surface area (Å²) in [5.74, 6) is -1.22. The van der Waals surface area contributed by atoms with Gasteiger partial charge >= 0.3 is 0 Å². The van der Waals surface area contributed by atoms with Crippen LogP contribution in [-0.4, -0.2) is 11.5 Å². The van der Waals surface area contributed by atoms with Crippen LogP contribution in [0.2, 0.25) is 0 Å². The van der Waals surface area contributed by atoms with Gasteiger partial charge in [0.2, 0.25) is 0 Å². The van der Waals surface area contributed by atoms with Gasteiger partial charge in [0.1, 0.15) is 11.5 Å².